The minimum atomic E-state index is 0.245. The topological polar surface area (TPSA) is 36.3 Å². The van der Waals surface area contributed by atoms with E-state index >= 15 is 0 Å². The summed E-state index contributed by atoms with van der Waals surface area (Å²) in [6.45, 7) is 5.47. The molecular weight excluding hydrogens is 462 g/mol. The van der Waals surface area contributed by atoms with Crippen LogP contribution in [0.1, 0.15) is 62.4 Å². The Morgan fingerprint density at radius 2 is 1.64 bits per heavy atom. The van der Waals surface area contributed by atoms with Gasteiger partial charge in [0, 0.05) is 38.3 Å². The van der Waals surface area contributed by atoms with Crippen LogP contribution in [0.15, 0.2) is 54.6 Å². The first-order valence-corrected chi connectivity index (χ1v) is 14.2. The SMILES string of the molecule is CNC(=S)N1CCC(CCN2C3CCC2CC(n2c(C)nc4ccccc42)C3)(c2ccccc2)CC1. The Balaban J connectivity index is 1.18. The van der Waals surface area contributed by atoms with Gasteiger partial charge in [-0.1, -0.05) is 42.5 Å². The molecule has 3 aliphatic heterocycles. The molecule has 2 atom stereocenters. The quantitative estimate of drug-likeness (QED) is 0.471. The first-order valence-electron chi connectivity index (χ1n) is 13.8. The summed E-state index contributed by atoms with van der Waals surface area (Å²) < 4.78 is 2.55. The molecule has 1 N–H and O–H groups in total. The Morgan fingerprint density at radius 3 is 2.33 bits per heavy atom. The Kier molecular flexibility index (Phi) is 6.51. The number of imidazole rings is 1. The molecule has 1 aromatic heterocycles. The van der Waals surface area contributed by atoms with Gasteiger partial charge in [-0.2, -0.15) is 0 Å². The van der Waals surface area contributed by atoms with Crippen molar-refractivity contribution in [2.75, 3.05) is 26.7 Å². The number of piperidine rings is 2. The molecule has 2 unspecified atom stereocenters. The molecule has 4 heterocycles. The maximum Gasteiger partial charge on any atom is 0.168 e. The zero-order valence-electron chi connectivity index (χ0n) is 21.7. The number of rotatable bonds is 5. The van der Waals surface area contributed by atoms with Crippen molar-refractivity contribution in [3.8, 4) is 0 Å². The largest absolute Gasteiger partial charge is 0.366 e. The average Bonchev–Trinajstić information content (AvgIpc) is 3.38. The van der Waals surface area contributed by atoms with Gasteiger partial charge >= 0.3 is 0 Å². The summed E-state index contributed by atoms with van der Waals surface area (Å²) in [5.41, 5.74) is 4.21. The molecule has 6 heteroatoms. The minimum absolute atomic E-state index is 0.245. The standard InChI is InChI=1S/C30H39N5S/c1-22-32-27-10-6-7-11-28(27)35(22)26-20-24-12-13-25(21-26)34(24)19-16-30(23-8-4-3-5-9-23)14-17-33(18-15-30)29(36)31-2/h3-11,24-26H,12-21H2,1-2H3,(H,31,36). The van der Waals surface area contributed by atoms with E-state index in [-0.39, 0.29) is 5.41 Å². The maximum absolute atomic E-state index is 5.56. The van der Waals surface area contributed by atoms with Gasteiger partial charge in [-0.15, -0.1) is 0 Å². The summed E-state index contributed by atoms with van der Waals surface area (Å²) in [7, 11) is 1.94. The summed E-state index contributed by atoms with van der Waals surface area (Å²) >= 11 is 5.56. The Labute approximate surface area is 220 Å². The molecule has 0 saturated carbocycles. The lowest BCUT2D eigenvalue weighted by Gasteiger charge is -2.46. The fourth-order valence-corrected chi connectivity index (χ4v) is 7.74. The zero-order chi connectivity index (χ0) is 24.7. The summed E-state index contributed by atoms with van der Waals surface area (Å²) in [4.78, 5) is 10.1. The lowest BCUT2D eigenvalue weighted by Crippen LogP contribution is -2.50. The van der Waals surface area contributed by atoms with Crippen molar-refractivity contribution in [3.63, 3.8) is 0 Å². The van der Waals surface area contributed by atoms with Crippen LogP contribution in [0.4, 0.5) is 0 Å². The highest BCUT2D eigenvalue weighted by atomic mass is 32.1. The van der Waals surface area contributed by atoms with Gasteiger partial charge in [0.2, 0.25) is 0 Å². The third-order valence-corrected chi connectivity index (χ3v) is 9.92. The minimum Gasteiger partial charge on any atom is -0.366 e. The van der Waals surface area contributed by atoms with Crippen LogP contribution in [0.25, 0.3) is 11.0 Å². The number of aromatic nitrogens is 2. The van der Waals surface area contributed by atoms with E-state index in [0.717, 1.165) is 23.7 Å². The fourth-order valence-electron chi connectivity index (χ4n) is 7.56. The van der Waals surface area contributed by atoms with Crippen molar-refractivity contribution in [1.82, 2.24) is 24.7 Å². The molecule has 0 spiro atoms. The van der Waals surface area contributed by atoms with Crippen molar-refractivity contribution in [1.29, 1.82) is 0 Å². The van der Waals surface area contributed by atoms with E-state index in [1.165, 1.54) is 68.4 Å². The van der Waals surface area contributed by atoms with Crippen LogP contribution in [0, 0.1) is 6.92 Å². The summed E-state index contributed by atoms with van der Waals surface area (Å²) in [5.74, 6) is 1.17. The highest BCUT2D eigenvalue weighted by Crippen LogP contribution is 2.45. The molecule has 2 bridgehead atoms. The van der Waals surface area contributed by atoms with Gasteiger partial charge in [-0.05, 0) is 93.7 Å². The number of fused-ring (bicyclic) bond motifs is 3. The number of benzene rings is 2. The number of aryl methyl sites for hydroxylation is 1. The molecule has 5 nitrogen and oxygen atoms in total. The van der Waals surface area contributed by atoms with Gasteiger partial charge in [0.25, 0.3) is 0 Å². The van der Waals surface area contributed by atoms with Crippen LogP contribution in [0.2, 0.25) is 0 Å². The van der Waals surface area contributed by atoms with Crippen molar-refractivity contribution >= 4 is 28.4 Å². The molecule has 3 fully saturated rings. The summed E-state index contributed by atoms with van der Waals surface area (Å²) in [5, 5.41) is 4.07. The number of hydrogen-bond donors (Lipinski definition) is 1. The van der Waals surface area contributed by atoms with Crippen LogP contribution in [0.3, 0.4) is 0 Å². The van der Waals surface area contributed by atoms with Crippen LogP contribution < -0.4 is 5.32 Å². The smallest absolute Gasteiger partial charge is 0.168 e. The third-order valence-electron chi connectivity index (χ3n) is 9.45. The molecule has 36 heavy (non-hydrogen) atoms. The lowest BCUT2D eigenvalue weighted by atomic mass is 9.70. The molecule has 3 saturated heterocycles. The zero-order valence-corrected chi connectivity index (χ0v) is 22.5. The number of para-hydroxylation sites is 2. The monoisotopic (exact) mass is 501 g/mol. The number of likely N-dealkylation sites (tertiary alicyclic amines) is 1. The number of thiocarbonyl (C=S) groups is 1. The van der Waals surface area contributed by atoms with Gasteiger partial charge in [0.05, 0.1) is 11.0 Å². The van der Waals surface area contributed by atoms with Gasteiger partial charge < -0.3 is 14.8 Å². The number of nitrogens with zero attached hydrogens (tertiary/aromatic N) is 4. The van der Waals surface area contributed by atoms with Crippen molar-refractivity contribution in [3.05, 3.63) is 66.0 Å². The van der Waals surface area contributed by atoms with Gasteiger partial charge in [0.1, 0.15) is 5.82 Å². The predicted molar refractivity (Wildman–Crippen MR) is 151 cm³/mol. The third kappa shape index (κ3) is 4.22. The van der Waals surface area contributed by atoms with E-state index in [1.54, 1.807) is 0 Å². The number of nitrogens with one attached hydrogen (secondary N) is 1. The van der Waals surface area contributed by atoms with Crippen LogP contribution >= 0.6 is 12.2 Å². The molecular formula is C30H39N5S. The molecule has 0 amide bonds. The first-order chi connectivity index (χ1) is 17.6. The number of hydrogen-bond acceptors (Lipinski definition) is 3. The van der Waals surface area contributed by atoms with Gasteiger partial charge in [-0.25, -0.2) is 4.98 Å². The Hall–Kier alpha value is -2.44. The second kappa shape index (κ2) is 9.79. The van der Waals surface area contributed by atoms with E-state index in [1.807, 2.05) is 7.05 Å². The van der Waals surface area contributed by atoms with E-state index in [0.29, 0.717) is 18.1 Å². The molecule has 3 aromatic rings. The second-order valence-corrected chi connectivity index (χ2v) is 11.6. The van der Waals surface area contributed by atoms with E-state index in [4.69, 9.17) is 17.2 Å². The molecule has 0 aliphatic carbocycles. The molecule has 0 radical (unpaired) electrons. The predicted octanol–water partition coefficient (Wildman–Crippen LogP) is 5.44. The Bertz CT molecular complexity index is 1200. The van der Waals surface area contributed by atoms with E-state index in [9.17, 15) is 0 Å². The summed E-state index contributed by atoms with van der Waals surface area (Å²) in [6.07, 6.45) is 8.77. The van der Waals surface area contributed by atoms with Crippen LogP contribution in [0.5, 0.6) is 0 Å². The lowest BCUT2D eigenvalue weighted by molar-refractivity contribution is 0.0888. The van der Waals surface area contributed by atoms with Gasteiger partial charge in [0.15, 0.2) is 5.11 Å². The highest BCUT2D eigenvalue weighted by Gasteiger charge is 2.44. The van der Waals surface area contributed by atoms with Crippen molar-refractivity contribution in [2.24, 2.45) is 0 Å². The van der Waals surface area contributed by atoms with E-state index in [2.05, 4.69) is 81.2 Å². The molecule has 190 valence electrons. The van der Waals surface area contributed by atoms with Crippen molar-refractivity contribution in [2.45, 2.75) is 75.4 Å². The summed E-state index contributed by atoms with van der Waals surface area (Å²) in [6, 6.07) is 21.9. The normalized spacial score (nSPS) is 25.8. The van der Waals surface area contributed by atoms with Crippen molar-refractivity contribution < 1.29 is 0 Å². The van der Waals surface area contributed by atoms with Gasteiger partial charge in [-0.3, -0.25) is 4.90 Å². The maximum atomic E-state index is 5.56. The molecule has 6 rings (SSSR count). The highest BCUT2D eigenvalue weighted by molar-refractivity contribution is 7.80. The fraction of sp³-hybridized carbons (Fsp3) is 0.533. The second-order valence-electron chi connectivity index (χ2n) is 11.2. The molecule has 3 aliphatic rings. The Morgan fingerprint density at radius 1 is 0.972 bits per heavy atom. The first kappa shape index (κ1) is 23.9. The molecule has 2 aromatic carbocycles. The average molecular weight is 502 g/mol. The van der Waals surface area contributed by atoms with E-state index < -0.39 is 0 Å². The van der Waals surface area contributed by atoms with Crippen LogP contribution in [-0.2, 0) is 5.41 Å². The van der Waals surface area contributed by atoms with Crippen LogP contribution in [-0.4, -0.2) is 63.2 Å².